The molecule has 2 aliphatic rings. The van der Waals surface area contributed by atoms with Gasteiger partial charge in [-0.05, 0) is 84.7 Å². The molecule has 2 unspecified atom stereocenters. The molecule has 2 aromatic heterocycles. The summed E-state index contributed by atoms with van der Waals surface area (Å²) in [6.45, 7) is 18.8. The fraction of sp³-hybridized carbons (Fsp3) is 0.514. The number of esters is 2. The lowest BCUT2D eigenvalue weighted by molar-refractivity contribution is -0.190. The zero-order valence-electron chi connectivity index (χ0n) is 31.1. The van der Waals surface area contributed by atoms with E-state index in [9.17, 15) is 24.0 Å². The number of nitrogens with one attached hydrogen (secondary N) is 2. The highest BCUT2D eigenvalue weighted by Gasteiger charge is 2.55. The first-order valence-corrected chi connectivity index (χ1v) is 20.8. The van der Waals surface area contributed by atoms with E-state index in [2.05, 4.69) is 10.6 Å². The fourth-order valence-corrected chi connectivity index (χ4v) is 7.91. The molecule has 0 fully saturated rings. The molecular weight excluding hydrogens is 673 g/mol. The minimum atomic E-state index is -2.35. The van der Waals surface area contributed by atoms with Crippen molar-refractivity contribution in [3.8, 4) is 11.4 Å². The summed E-state index contributed by atoms with van der Waals surface area (Å²) in [6, 6.07) is 8.98. The van der Waals surface area contributed by atoms with Gasteiger partial charge in [0, 0.05) is 35.2 Å². The van der Waals surface area contributed by atoms with E-state index in [0.717, 1.165) is 10.9 Å². The predicted molar refractivity (Wildman–Crippen MR) is 194 cm³/mol. The zero-order chi connectivity index (χ0) is 37.7. The Morgan fingerprint density at radius 1 is 1.00 bits per heavy atom. The van der Waals surface area contributed by atoms with Crippen LogP contribution >= 0.6 is 0 Å². The summed E-state index contributed by atoms with van der Waals surface area (Å²) >= 11 is 0. The van der Waals surface area contributed by atoms with Crippen LogP contribution in [0.15, 0.2) is 35.1 Å². The number of hydrogen-bond donors (Lipinski definition) is 2. The maximum Gasteiger partial charge on any atom is 0.412 e. The predicted octanol–water partition coefficient (Wildman–Crippen LogP) is 6.70. The normalized spacial score (nSPS) is 18.2. The van der Waals surface area contributed by atoms with Gasteiger partial charge >= 0.3 is 24.1 Å². The van der Waals surface area contributed by atoms with Crippen molar-refractivity contribution in [1.82, 2.24) is 14.9 Å². The molecule has 4 heterocycles. The molecule has 2 amide bonds. The van der Waals surface area contributed by atoms with Crippen LogP contribution in [0, 0.1) is 0 Å². The molecule has 3 aromatic rings. The van der Waals surface area contributed by atoms with Crippen LogP contribution in [-0.2, 0) is 40.7 Å². The number of rotatable bonds is 8. The van der Waals surface area contributed by atoms with Gasteiger partial charge in [-0.3, -0.25) is 14.9 Å². The van der Waals surface area contributed by atoms with Gasteiger partial charge in [-0.1, -0.05) is 26.6 Å². The van der Waals surface area contributed by atoms with Crippen molar-refractivity contribution >= 4 is 48.8 Å². The standard InChI is InChI=1S/C37H48N4O9Si/c1-11-37(48-27(42)13-12-16-38-33(45)49-35(2,3)4)24-19-26-29-22(20-41(26)30(43)28(24)31(47-32(37)44)51(8,9)10)17-21-18-23(14-15-25(21)40-29)39-34(46)50-36(5,6)7/h14-15,17-19,31H,11-13,16,20H2,1-10H3,(H,38,45)(H,39,46). The number of pyridine rings is 2. The molecule has 51 heavy (non-hydrogen) atoms. The van der Waals surface area contributed by atoms with Gasteiger partial charge in [0.2, 0.25) is 5.60 Å². The molecule has 0 saturated carbocycles. The topological polar surface area (TPSA) is 164 Å². The molecule has 1 aromatic carbocycles. The van der Waals surface area contributed by atoms with Crippen LogP contribution in [0.5, 0.6) is 0 Å². The van der Waals surface area contributed by atoms with Gasteiger partial charge in [0.05, 0.1) is 37.1 Å². The van der Waals surface area contributed by atoms with Crippen molar-refractivity contribution in [3.63, 3.8) is 0 Å². The Labute approximate surface area is 298 Å². The molecule has 274 valence electrons. The molecule has 5 rings (SSSR count). The van der Waals surface area contributed by atoms with Crippen molar-refractivity contribution < 1.29 is 38.1 Å². The maximum absolute atomic E-state index is 14.5. The Bertz CT molecular complexity index is 1970. The Hall–Kier alpha value is -4.72. The van der Waals surface area contributed by atoms with E-state index in [4.69, 9.17) is 23.9 Å². The Morgan fingerprint density at radius 2 is 1.67 bits per heavy atom. The maximum atomic E-state index is 14.5. The number of ether oxygens (including phenoxy) is 4. The van der Waals surface area contributed by atoms with E-state index < -0.39 is 54.7 Å². The lowest BCUT2D eigenvalue weighted by Crippen LogP contribution is -2.53. The van der Waals surface area contributed by atoms with E-state index >= 15 is 0 Å². The fourth-order valence-electron chi connectivity index (χ4n) is 6.30. The number of hydrogen-bond acceptors (Lipinski definition) is 10. The molecular formula is C37H48N4O9Si. The molecule has 0 saturated heterocycles. The number of carbonyl (C=O) groups is 4. The van der Waals surface area contributed by atoms with E-state index in [0.29, 0.717) is 33.7 Å². The van der Waals surface area contributed by atoms with Crippen LogP contribution in [0.4, 0.5) is 15.3 Å². The highest BCUT2D eigenvalue weighted by Crippen LogP contribution is 2.46. The molecule has 0 spiro atoms. The van der Waals surface area contributed by atoms with Gasteiger partial charge in [0.1, 0.15) is 16.9 Å². The highest BCUT2D eigenvalue weighted by atomic mass is 28.3. The summed E-state index contributed by atoms with van der Waals surface area (Å²) in [5, 5.41) is 6.12. The van der Waals surface area contributed by atoms with Gasteiger partial charge < -0.3 is 28.8 Å². The molecule has 2 N–H and O–H groups in total. The SMILES string of the molecule is CCC1(OC(=O)CCCNC(=O)OC(C)(C)C)C(=O)OC([Si](C)(C)C)c2c1cc1n(c2=O)Cc2cc3cc(NC(=O)OC(C)(C)C)ccc3nc2-1. The summed E-state index contributed by atoms with van der Waals surface area (Å²) in [5.74, 6) is -1.39. The number of nitrogens with zero attached hydrogens (tertiary/aromatic N) is 2. The van der Waals surface area contributed by atoms with Gasteiger partial charge in [-0.2, -0.15) is 0 Å². The number of fused-ring (bicyclic) bond motifs is 5. The second kappa shape index (κ2) is 13.4. The average molecular weight is 721 g/mol. The minimum absolute atomic E-state index is 0.0352. The van der Waals surface area contributed by atoms with Gasteiger partial charge in [-0.15, -0.1) is 0 Å². The molecule has 2 atom stereocenters. The van der Waals surface area contributed by atoms with Gasteiger partial charge in [-0.25, -0.2) is 19.4 Å². The van der Waals surface area contributed by atoms with Crippen molar-refractivity contribution in [2.45, 2.75) is 116 Å². The summed E-state index contributed by atoms with van der Waals surface area (Å²) in [7, 11) is -2.35. The monoisotopic (exact) mass is 720 g/mol. The van der Waals surface area contributed by atoms with Crippen molar-refractivity contribution in [3.05, 3.63) is 57.4 Å². The minimum Gasteiger partial charge on any atom is -0.458 e. The summed E-state index contributed by atoms with van der Waals surface area (Å²) < 4.78 is 24.3. The van der Waals surface area contributed by atoms with E-state index in [1.165, 1.54) is 0 Å². The zero-order valence-corrected chi connectivity index (χ0v) is 32.1. The van der Waals surface area contributed by atoms with Crippen LogP contribution in [0.1, 0.15) is 90.1 Å². The smallest absolute Gasteiger partial charge is 0.412 e. The quantitative estimate of drug-likeness (QED) is 0.0866. The van der Waals surface area contributed by atoms with Gasteiger partial charge in [0.15, 0.2) is 0 Å². The number of aromatic nitrogens is 2. The number of alkyl carbamates (subject to hydrolysis) is 1. The number of carbonyl (C=O) groups excluding carboxylic acids is 4. The Kier molecular flexibility index (Phi) is 9.89. The first-order chi connectivity index (χ1) is 23.6. The third-order valence-corrected chi connectivity index (χ3v) is 10.5. The molecule has 2 aliphatic heterocycles. The van der Waals surface area contributed by atoms with Gasteiger partial charge in [0.25, 0.3) is 5.56 Å². The van der Waals surface area contributed by atoms with Crippen LogP contribution in [0.2, 0.25) is 19.6 Å². The third-order valence-electron chi connectivity index (χ3n) is 8.50. The van der Waals surface area contributed by atoms with E-state index in [1.54, 1.807) is 77.3 Å². The number of cyclic esters (lactones) is 1. The molecule has 0 bridgehead atoms. The highest BCUT2D eigenvalue weighted by molar-refractivity contribution is 6.77. The first-order valence-electron chi connectivity index (χ1n) is 17.2. The average Bonchev–Trinajstić information content (AvgIpc) is 3.34. The van der Waals surface area contributed by atoms with Crippen molar-refractivity contribution in [1.29, 1.82) is 0 Å². The molecule has 14 heteroatoms. The summed E-state index contributed by atoms with van der Waals surface area (Å²) in [5.41, 5.74) is -0.592. The van der Waals surface area contributed by atoms with Crippen LogP contribution in [0.3, 0.4) is 0 Å². The van der Waals surface area contributed by atoms with Crippen LogP contribution in [-0.4, -0.2) is 59.5 Å². The van der Waals surface area contributed by atoms with Crippen molar-refractivity contribution in [2.24, 2.45) is 0 Å². The number of benzene rings is 1. The largest absolute Gasteiger partial charge is 0.458 e. The van der Waals surface area contributed by atoms with Crippen LogP contribution < -0.4 is 16.2 Å². The summed E-state index contributed by atoms with van der Waals surface area (Å²) in [6.07, 6.45) is -0.997. The second-order valence-electron chi connectivity index (χ2n) is 16.1. The summed E-state index contributed by atoms with van der Waals surface area (Å²) in [4.78, 5) is 71.1. The number of amides is 2. The second-order valence-corrected chi connectivity index (χ2v) is 21.4. The molecule has 0 radical (unpaired) electrons. The first kappa shape index (κ1) is 37.5. The molecule has 13 nitrogen and oxygen atoms in total. The third kappa shape index (κ3) is 7.95. The van der Waals surface area contributed by atoms with E-state index in [-0.39, 0.29) is 37.9 Å². The molecule has 0 aliphatic carbocycles. The Morgan fingerprint density at radius 3 is 2.29 bits per heavy atom. The van der Waals surface area contributed by atoms with Crippen LogP contribution in [0.25, 0.3) is 22.3 Å². The number of anilines is 1. The Balaban J connectivity index is 1.49. The van der Waals surface area contributed by atoms with Crippen molar-refractivity contribution in [2.75, 3.05) is 11.9 Å². The van der Waals surface area contributed by atoms with E-state index in [1.807, 2.05) is 25.7 Å². The lowest BCUT2D eigenvalue weighted by atomic mass is 9.85. The lowest BCUT2D eigenvalue weighted by Gasteiger charge is -2.42.